The Kier molecular flexibility index (Phi) is 7.26. The molecule has 1 unspecified atom stereocenters. The molecule has 1 amide bonds. The third-order valence-corrected chi connectivity index (χ3v) is 9.55. The molecule has 6 nitrogen and oxygen atoms in total. The number of benzene rings is 3. The highest BCUT2D eigenvalue weighted by atomic mass is 35.5. The molecule has 2 aliphatic heterocycles. The third-order valence-electron chi connectivity index (χ3n) is 5.79. The van der Waals surface area contributed by atoms with Crippen LogP contribution in [0.5, 0.6) is 0 Å². The zero-order valence-corrected chi connectivity index (χ0v) is 23.3. The molecule has 3 aromatic carbocycles. The Morgan fingerprint density at radius 3 is 2.49 bits per heavy atom. The van der Waals surface area contributed by atoms with Gasteiger partial charge < -0.3 is 0 Å². The van der Waals surface area contributed by atoms with Crippen molar-refractivity contribution in [3.63, 3.8) is 0 Å². The van der Waals surface area contributed by atoms with Gasteiger partial charge in [0.1, 0.15) is 10.1 Å². The predicted octanol–water partition coefficient (Wildman–Crippen LogP) is 6.28. The smallest absolute Gasteiger partial charge is 0.274 e. The molecule has 11 heteroatoms. The number of carbonyl (C=O) groups excluding carboxylic acids is 1. The van der Waals surface area contributed by atoms with Crippen LogP contribution in [0, 0.1) is 6.92 Å². The first kappa shape index (κ1) is 26.1. The van der Waals surface area contributed by atoms with Crippen molar-refractivity contribution in [3.05, 3.63) is 99.5 Å². The van der Waals surface area contributed by atoms with Crippen LogP contribution in [0.3, 0.4) is 0 Å². The van der Waals surface area contributed by atoms with Crippen LogP contribution in [0.2, 0.25) is 10.0 Å². The fraction of sp³-hybridized carbons (Fsp3) is 0.115. The SMILES string of the molecule is Cc1cc(S(=O)(=O)/N=C2/N=C3C=C(c4ccc(Cl)cc4)SC3C(=O)N2Cc2ccccc2)c(S)cc1Cl. The van der Waals surface area contributed by atoms with Crippen molar-refractivity contribution < 1.29 is 13.2 Å². The molecular weight excluding hydrogens is 569 g/mol. The van der Waals surface area contributed by atoms with Crippen molar-refractivity contribution in [1.29, 1.82) is 0 Å². The number of allylic oxidation sites excluding steroid dienone is 1. The second-order valence-electron chi connectivity index (χ2n) is 8.40. The average molecular weight is 589 g/mol. The summed E-state index contributed by atoms with van der Waals surface area (Å²) in [5.74, 6) is -0.499. The van der Waals surface area contributed by atoms with Crippen LogP contribution in [-0.2, 0) is 21.4 Å². The van der Waals surface area contributed by atoms with Crippen LogP contribution >= 0.6 is 47.6 Å². The van der Waals surface area contributed by atoms with Crippen LogP contribution in [0.4, 0.5) is 0 Å². The van der Waals surface area contributed by atoms with E-state index in [0.717, 1.165) is 16.0 Å². The summed E-state index contributed by atoms with van der Waals surface area (Å²) in [5, 5.41) is 0.378. The Morgan fingerprint density at radius 2 is 1.78 bits per heavy atom. The lowest BCUT2D eigenvalue weighted by molar-refractivity contribution is -0.126. The molecule has 0 aromatic heterocycles. The zero-order chi connectivity index (χ0) is 26.3. The van der Waals surface area contributed by atoms with Crippen LogP contribution in [0.1, 0.15) is 16.7 Å². The Bertz CT molecular complexity index is 1600. The number of carbonyl (C=O) groups is 1. The van der Waals surface area contributed by atoms with Crippen molar-refractivity contribution in [1.82, 2.24) is 4.90 Å². The summed E-state index contributed by atoms with van der Waals surface area (Å²) in [7, 11) is -4.27. The molecular formula is C26H19Cl2N3O3S3. The summed E-state index contributed by atoms with van der Waals surface area (Å²) in [5.41, 5.74) is 2.70. The summed E-state index contributed by atoms with van der Waals surface area (Å²) in [6, 6.07) is 19.4. The average Bonchev–Trinajstić information content (AvgIpc) is 3.29. The number of aryl methyl sites for hydroxylation is 1. The molecule has 0 bridgehead atoms. The minimum absolute atomic E-state index is 0.113. The standard InChI is InChI=1S/C26H19Cl2N3O3S3/c1-15-11-23(21(35)12-19(15)28)37(33,34)30-26-29-20-13-22(17-7-9-18(27)10-8-17)36-24(20)25(32)31(26)14-16-5-3-2-4-6-16/h2-13,24,35H,14H2,1H3/b30-26-. The summed E-state index contributed by atoms with van der Waals surface area (Å²) in [4.78, 5) is 20.5. The highest BCUT2D eigenvalue weighted by Crippen LogP contribution is 2.41. The molecule has 1 atom stereocenters. The van der Waals surface area contributed by atoms with Gasteiger partial charge in [-0.2, -0.15) is 8.42 Å². The maximum absolute atomic E-state index is 13.7. The second kappa shape index (κ2) is 10.3. The number of rotatable bonds is 5. The van der Waals surface area contributed by atoms with Crippen molar-refractivity contribution in [3.8, 4) is 0 Å². The number of sulfonamides is 1. The number of thioether (sulfide) groups is 1. The first-order chi connectivity index (χ1) is 17.6. The van der Waals surface area contributed by atoms with E-state index in [9.17, 15) is 13.2 Å². The Hall–Kier alpha value is -2.56. The van der Waals surface area contributed by atoms with Gasteiger partial charge in [-0.25, -0.2) is 4.99 Å². The van der Waals surface area contributed by atoms with Gasteiger partial charge >= 0.3 is 0 Å². The van der Waals surface area contributed by atoms with E-state index in [1.165, 1.54) is 28.8 Å². The molecule has 2 aliphatic rings. The van der Waals surface area contributed by atoms with Crippen LogP contribution in [0.25, 0.3) is 4.91 Å². The minimum Gasteiger partial charge on any atom is -0.274 e. The van der Waals surface area contributed by atoms with Crippen molar-refractivity contribution in [2.24, 2.45) is 9.39 Å². The molecule has 0 N–H and O–H groups in total. The van der Waals surface area contributed by atoms with Gasteiger partial charge in [-0.1, -0.05) is 65.7 Å². The lowest BCUT2D eigenvalue weighted by Gasteiger charge is -2.29. The molecule has 5 rings (SSSR count). The predicted molar refractivity (Wildman–Crippen MR) is 153 cm³/mol. The van der Waals surface area contributed by atoms with E-state index in [1.807, 2.05) is 42.5 Å². The third kappa shape index (κ3) is 5.37. The first-order valence-corrected chi connectivity index (χ1v) is 14.6. The van der Waals surface area contributed by atoms with Crippen LogP contribution in [0.15, 0.2) is 92.0 Å². The zero-order valence-electron chi connectivity index (χ0n) is 19.3. The lowest BCUT2D eigenvalue weighted by atomic mass is 10.1. The van der Waals surface area contributed by atoms with Gasteiger partial charge in [0.05, 0.1) is 12.3 Å². The van der Waals surface area contributed by atoms with Gasteiger partial charge in [0.25, 0.3) is 10.0 Å². The first-order valence-electron chi connectivity index (χ1n) is 11.0. The van der Waals surface area contributed by atoms with E-state index in [2.05, 4.69) is 22.0 Å². The molecule has 0 aliphatic carbocycles. The van der Waals surface area contributed by atoms with Gasteiger partial charge in [-0.15, -0.1) is 28.8 Å². The molecule has 37 heavy (non-hydrogen) atoms. The number of nitrogens with zero attached hydrogens (tertiary/aromatic N) is 3. The van der Waals surface area contributed by atoms with E-state index in [1.54, 1.807) is 25.1 Å². The van der Waals surface area contributed by atoms with Gasteiger partial charge in [-0.05, 0) is 54.0 Å². The molecule has 188 valence electrons. The number of aliphatic imine (C=N–C) groups is 1. The Labute approximate surface area is 234 Å². The van der Waals surface area contributed by atoms with E-state index >= 15 is 0 Å². The molecule has 0 saturated heterocycles. The maximum Gasteiger partial charge on any atom is 0.286 e. The van der Waals surface area contributed by atoms with Crippen molar-refractivity contribution in [2.75, 3.05) is 0 Å². The Balaban J connectivity index is 1.60. The van der Waals surface area contributed by atoms with Gasteiger partial charge in [0.15, 0.2) is 0 Å². The fourth-order valence-electron chi connectivity index (χ4n) is 3.87. The molecule has 0 saturated carbocycles. The van der Waals surface area contributed by atoms with Gasteiger partial charge in [0, 0.05) is 19.8 Å². The molecule has 2 heterocycles. The number of amides is 1. The van der Waals surface area contributed by atoms with E-state index in [-0.39, 0.29) is 28.2 Å². The molecule has 0 spiro atoms. The summed E-state index contributed by atoms with van der Waals surface area (Å²) in [6.45, 7) is 1.81. The monoisotopic (exact) mass is 587 g/mol. The summed E-state index contributed by atoms with van der Waals surface area (Å²) < 4.78 is 30.8. The number of hydrogen-bond acceptors (Lipinski definition) is 5. The van der Waals surface area contributed by atoms with Gasteiger partial charge in [-0.3, -0.25) is 9.69 Å². The lowest BCUT2D eigenvalue weighted by Crippen LogP contribution is -2.47. The maximum atomic E-state index is 13.7. The number of halogens is 2. The van der Waals surface area contributed by atoms with Gasteiger partial charge in [0.2, 0.25) is 11.9 Å². The molecule has 3 aromatic rings. The van der Waals surface area contributed by atoms with E-state index < -0.39 is 15.3 Å². The topological polar surface area (TPSA) is 79.2 Å². The summed E-state index contributed by atoms with van der Waals surface area (Å²) in [6.07, 6.45) is 1.79. The number of thiol groups is 1. The van der Waals surface area contributed by atoms with Crippen LogP contribution in [-0.4, -0.2) is 36.1 Å². The number of guanidine groups is 1. The molecule has 0 fully saturated rings. The van der Waals surface area contributed by atoms with Crippen molar-refractivity contribution >= 4 is 80.1 Å². The number of fused-ring (bicyclic) bond motifs is 1. The fourth-order valence-corrected chi connectivity index (χ4v) is 7.06. The van der Waals surface area contributed by atoms with E-state index in [4.69, 9.17) is 23.2 Å². The van der Waals surface area contributed by atoms with Crippen molar-refractivity contribution in [2.45, 2.75) is 28.5 Å². The minimum atomic E-state index is -4.27. The highest BCUT2D eigenvalue weighted by Gasteiger charge is 2.41. The molecule has 0 radical (unpaired) electrons. The van der Waals surface area contributed by atoms with E-state index in [0.29, 0.717) is 21.3 Å². The Morgan fingerprint density at radius 1 is 1.08 bits per heavy atom. The normalized spacial score (nSPS) is 18.6. The number of hydrogen-bond donors (Lipinski definition) is 1. The second-order valence-corrected chi connectivity index (χ2v) is 12.4. The largest absolute Gasteiger partial charge is 0.286 e. The summed E-state index contributed by atoms with van der Waals surface area (Å²) >= 11 is 17.8. The quantitative estimate of drug-likeness (QED) is 0.356. The highest BCUT2D eigenvalue weighted by molar-refractivity contribution is 8.10. The van der Waals surface area contributed by atoms with Crippen LogP contribution < -0.4 is 0 Å².